The fraction of sp³-hybridized carbons (Fsp3) is 0.800. The first-order valence-corrected chi connectivity index (χ1v) is 6.76. The summed E-state index contributed by atoms with van der Waals surface area (Å²) in [4.78, 5) is 11.9. The van der Waals surface area contributed by atoms with Crippen LogP contribution in [-0.4, -0.2) is 17.5 Å². The van der Waals surface area contributed by atoms with Crippen molar-refractivity contribution in [2.75, 3.05) is 0 Å². The van der Waals surface area contributed by atoms with Crippen LogP contribution in [0.2, 0.25) is 0 Å². The molecule has 1 aliphatic heterocycles. The maximum absolute atomic E-state index is 11.9. The van der Waals surface area contributed by atoms with Gasteiger partial charge in [-0.25, -0.2) is 0 Å². The molecule has 0 amide bonds. The van der Waals surface area contributed by atoms with Gasteiger partial charge in [-0.05, 0) is 38.0 Å². The first-order chi connectivity index (χ1) is 7.91. The Hall–Kier alpha value is -0.630. The van der Waals surface area contributed by atoms with Gasteiger partial charge in [-0.2, -0.15) is 0 Å². The lowest BCUT2D eigenvalue weighted by Crippen LogP contribution is -2.52. The number of ether oxygens (including phenoxy) is 1. The molecule has 0 aromatic carbocycles. The molecule has 17 heavy (non-hydrogen) atoms. The highest BCUT2D eigenvalue weighted by Crippen LogP contribution is 2.66. The molecule has 0 aromatic heterocycles. The van der Waals surface area contributed by atoms with Crippen molar-refractivity contribution in [3.8, 4) is 0 Å². The van der Waals surface area contributed by atoms with Gasteiger partial charge in [0, 0.05) is 11.8 Å². The largest absolute Gasteiger partial charge is 0.357 e. The third-order valence-corrected chi connectivity index (χ3v) is 5.78. The van der Waals surface area contributed by atoms with Crippen LogP contribution in [0.25, 0.3) is 0 Å². The molecule has 3 aliphatic rings. The van der Waals surface area contributed by atoms with Gasteiger partial charge in [0.2, 0.25) is 0 Å². The molecular formula is C15H22O2. The van der Waals surface area contributed by atoms with E-state index in [9.17, 15) is 4.79 Å². The highest BCUT2D eigenvalue weighted by atomic mass is 16.6. The Morgan fingerprint density at radius 1 is 1.53 bits per heavy atom. The molecule has 1 heterocycles. The number of rotatable bonds is 1. The van der Waals surface area contributed by atoms with Crippen LogP contribution in [0.15, 0.2) is 12.2 Å². The smallest absolute Gasteiger partial charge is 0.164 e. The highest BCUT2D eigenvalue weighted by Gasteiger charge is 2.74. The van der Waals surface area contributed by atoms with Crippen LogP contribution in [0.5, 0.6) is 0 Å². The molecule has 0 unspecified atom stereocenters. The summed E-state index contributed by atoms with van der Waals surface area (Å²) in [6, 6.07) is 0. The van der Waals surface area contributed by atoms with Crippen molar-refractivity contribution in [1.82, 2.24) is 0 Å². The van der Waals surface area contributed by atoms with Gasteiger partial charge in [0.05, 0.1) is 0 Å². The van der Waals surface area contributed by atoms with E-state index >= 15 is 0 Å². The molecular weight excluding hydrogens is 212 g/mol. The average molecular weight is 234 g/mol. The van der Waals surface area contributed by atoms with E-state index in [1.807, 2.05) is 0 Å². The van der Waals surface area contributed by atoms with Gasteiger partial charge in [-0.3, -0.25) is 4.79 Å². The standard InChI is InChI=1S/C15H22O2/c1-9(2)11-5-6-15-13(17-15)12(16)7-10(3)14(15,4)8-11/h10-11,13H,1,5-8H2,2-4H3/t10-,11-,13-,14+,15-/m1/s1. The average Bonchev–Trinajstić information content (AvgIpc) is 2.98. The second kappa shape index (κ2) is 3.23. The third kappa shape index (κ3) is 1.28. The van der Waals surface area contributed by atoms with E-state index in [0.717, 1.165) is 19.3 Å². The third-order valence-electron chi connectivity index (χ3n) is 5.78. The summed E-state index contributed by atoms with van der Waals surface area (Å²) in [5.41, 5.74) is 1.36. The Kier molecular flexibility index (Phi) is 2.17. The number of carbonyl (C=O) groups excluding carboxylic acids is 1. The van der Waals surface area contributed by atoms with Gasteiger partial charge in [0.25, 0.3) is 0 Å². The molecule has 2 saturated carbocycles. The predicted molar refractivity (Wildman–Crippen MR) is 66.7 cm³/mol. The zero-order valence-electron chi connectivity index (χ0n) is 11.1. The molecule has 2 heteroatoms. The van der Waals surface area contributed by atoms with Gasteiger partial charge in [0.15, 0.2) is 5.78 Å². The first kappa shape index (κ1) is 11.5. The fourth-order valence-electron chi connectivity index (χ4n) is 4.26. The van der Waals surface area contributed by atoms with Gasteiger partial charge < -0.3 is 4.74 Å². The predicted octanol–water partition coefficient (Wildman–Crippen LogP) is 3.12. The maximum atomic E-state index is 11.9. The lowest BCUT2D eigenvalue weighted by molar-refractivity contribution is -0.125. The molecule has 0 radical (unpaired) electrons. The van der Waals surface area contributed by atoms with Crippen molar-refractivity contribution in [1.29, 1.82) is 0 Å². The van der Waals surface area contributed by atoms with E-state index in [2.05, 4.69) is 27.4 Å². The Balaban J connectivity index is 1.93. The lowest BCUT2D eigenvalue weighted by atomic mass is 9.53. The summed E-state index contributed by atoms with van der Waals surface area (Å²) in [7, 11) is 0. The minimum Gasteiger partial charge on any atom is -0.357 e. The fourth-order valence-corrected chi connectivity index (χ4v) is 4.26. The van der Waals surface area contributed by atoms with Crippen molar-refractivity contribution >= 4 is 5.78 Å². The topological polar surface area (TPSA) is 29.6 Å². The van der Waals surface area contributed by atoms with E-state index in [1.165, 1.54) is 5.57 Å². The highest BCUT2D eigenvalue weighted by molar-refractivity contribution is 5.89. The first-order valence-electron chi connectivity index (χ1n) is 6.76. The summed E-state index contributed by atoms with van der Waals surface area (Å²) < 4.78 is 5.90. The van der Waals surface area contributed by atoms with Crippen molar-refractivity contribution in [3.63, 3.8) is 0 Å². The second-order valence-corrected chi connectivity index (χ2v) is 6.66. The van der Waals surface area contributed by atoms with Crippen LogP contribution in [0.3, 0.4) is 0 Å². The quantitative estimate of drug-likeness (QED) is 0.515. The molecule has 1 saturated heterocycles. The normalized spacial score (nSPS) is 52.6. The Bertz CT molecular complexity index is 400. The SMILES string of the molecule is C=C(C)[C@@H]1CC[C@@]23O[C@@H]2C(=O)C[C@@H](C)[C@]3(C)C1. The summed E-state index contributed by atoms with van der Waals surface area (Å²) in [5, 5.41) is 0. The molecule has 3 rings (SSSR count). The number of allylic oxidation sites excluding steroid dienone is 1. The maximum Gasteiger partial charge on any atom is 0.164 e. The zero-order chi connectivity index (χ0) is 12.4. The Morgan fingerprint density at radius 2 is 2.24 bits per heavy atom. The van der Waals surface area contributed by atoms with Gasteiger partial charge >= 0.3 is 0 Å². The molecule has 2 nitrogen and oxygen atoms in total. The second-order valence-electron chi connectivity index (χ2n) is 6.66. The number of ketones is 1. The van der Waals surface area contributed by atoms with Crippen LogP contribution in [0.1, 0.15) is 46.5 Å². The lowest BCUT2D eigenvalue weighted by Gasteiger charge is -2.49. The number of epoxide rings is 1. The molecule has 1 spiro atoms. The molecule has 0 bridgehead atoms. The molecule has 5 atom stereocenters. The van der Waals surface area contributed by atoms with E-state index in [-0.39, 0.29) is 17.1 Å². The Labute approximate surface area is 103 Å². The van der Waals surface area contributed by atoms with Crippen molar-refractivity contribution in [3.05, 3.63) is 12.2 Å². The van der Waals surface area contributed by atoms with Crippen LogP contribution in [0, 0.1) is 17.3 Å². The van der Waals surface area contributed by atoms with Crippen LogP contribution in [0.4, 0.5) is 0 Å². The number of hydrogen-bond donors (Lipinski definition) is 0. The number of hydrogen-bond acceptors (Lipinski definition) is 2. The zero-order valence-corrected chi connectivity index (χ0v) is 11.1. The summed E-state index contributed by atoms with van der Waals surface area (Å²) in [6.07, 6.45) is 3.96. The molecule has 3 fully saturated rings. The Morgan fingerprint density at radius 3 is 2.88 bits per heavy atom. The van der Waals surface area contributed by atoms with Crippen molar-refractivity contribution in [2.45, 2.75) is 58.2 Å². The monoisotopic (exact) mass is 234 g/mol. The van der Waals surface area contributed by atoms with Gasteiger partial charge in [-0.1, -0.05) is 26.0 Å². The summed E-state index contributed by atoms with van der Waals surface area (Å²) in [6.45, 7) is 10.8. The van der Waals surface area contributed by atoms with Gasteiger partial charge in [0.1, 0.15) is 11.7 Å². The number of Topliss-reactive ketones (excluding diaryl/α,β-unsaturated/α-hetero) is 1. The van der Waals surface area contributed by atoms with E-state index in [0.29, 0.717) is 24.0 Å². The number of carbonyl (C=O) groups is 1. The van der Waals surface area contributed by atoms with Crippen LogP contribution in [-0.2, 0) is 9.53 Å². The molecule has 2 aliphatic carbocycles. The molecule has 94 valence electrons. The van der Waals surface area contributed by atoms with E-state index in [4.69, 9.17) is 4.74 Å². The van der Waals surface area contributed by atoms with E-state index in [1.54, 1.807) is 0 Å². The molecule has 0 aromatic rings. The van der Waals surface area contributed by atoms with E-state index < -0.39 is 0 Å². The minimum atomic E-state index is -0.103. The van der Waals surface area contributed by atoms with Crippen LogP contribution >= 0.6 is 0 Å². The van der Waals surface area contributed by atoms with Crippen molar-refractivity contribution < 1.29 is 9.53 Å². The summed E-state index contributed by atoms with van der Waals surface area (Å²) in [5.74, 6) is 1.39. The van der Waals surface area contributed by atoms with Gasteiger partial charge in [-0.15, -0.1) is 0 Å². The molecule has 0 N–H and O–H groups in total. The van der Waals surface area contributed by atoms with Crippen molar-refractivity contribution in [2.24, 2.45) is 17.3 Å². The summed E-state index contributed by atoms with van der Waals surface area (Å²) >= 11 is 0. The minimum absolute atomic E-state index is 0.0743. The van der Waals surface area contributed by atoms with Crippen LogP contribution < -0.4 is 0 Å².